The van der Waals surface area contributed by atoms with Crippen LogP contribution in [0.1, 0.15) is 19.8 Å². The van der Waals surface area contributed by atoms with Crippen molar-refractivity contribution < 1.29 is 4.79 Å². The summed E-state index contributed by atoms with van der Waals surface area (Å²) in [6.07, 6.45) is 2.42. The number of carbonyl (C=O) groups excluding carboxylic acids is 1. The summed E-state index contributed by atoms with van der Waals surface area (Å²) in [7, 11) is 0. The van der Waals surface area contributed by atoms with E-state index in [1.807, 2.05) is 0 Å². The maximum absolute atomic E-state index is 10.8. The largest absolute Gasteiger partial charge is 0.330 e. The van der Waals surface area contributed by atoms with Gasteiger partial charge in [-0.2, -0.15) is 0 Å². The SMILES string of the molecule is CC(=O)CN1CCCC(CN)C1. The molecule has 70 valence electrons. The van der Waals surface area contributed by atoms with Gasteiger partial charge in [-0.25, -0.2) is 0 Å². The van der Waals surface area contributed by atoms with Gasteiger partial charge in [0.05, 0.1) is 6.54 Å². The summed E-state index contributed by atoms with van der Waals surface area (Å²) in [5, 5.41) is 0. The lowest BCUT2D eigenvalue weighted by atomic mass is 9.98. The zero-order valence-electron chi connectivity index (χ0n) is 7.75. The number of hydrogen-bond acceptors (Lipinski definition) is 3. The summed E-state index contributed by atoms with van der Waals surface area (Å²) < 4.78 is 0. The van der Waals surface area contributed by atoms with Crippen LogP contribution in [0.3, 0.4) is 0 Å². The molecule has 1 fully saturated rings. The Morgan fingerprint density at radius 1 is 1.67 bits per heavy atom. The Labute approximate surface area is 73.9 Å². The number of likely N-dealkylation sites (tertiary alicyclic amines) is 1. The Morgan fingerprint density at radius 2 is 2.42 bits per heavy atom. The molecule has 0 aromatic rings. The maximum atomic E-state index is 10.8. The highest BCUT2D eigenvalue weighted by atomic mass is 16.1. The summed E-state index contributed by atoms with van der Waals surface area (Å²) in [4.78, 5) is 13.0. The number of rotatable bonds is 3. The van der Waals surface area contributed by atoms with E-state index in [2.05, 4.69) is 4.90 Å². The van der Waals surface area contributed by atoms with Crippen LogP contribution in [0.4, 0.5) is 0 Å². The third kappa shape index (κ3) is 2.91. The summed E-state index contributed by atoms with van der Waals surface area (Å²) in [6.45, 7) is 5.09. The number of nitrogens with two attached hydrogens (primary N) is 1. The second kappa shape index (κ2) is 4.58. The molecule has 0 radical (unpaired) electrons. The van der Waals surface area contributed by atoms with Crippen LogP contribution >= 0.6 is 0 Å². The second-order valence-corrected chi connectivity index (χ2v) is 3.68. The van der Waals surface area contributed by atoms with Crippen LogP contribution in [0.15, 0.2) is 0 Å². The van der Waals surface area contributed by atoms with Crippen LogP contribution in [0.2, 0.25) is 0 Å². The molecule has 0 aliphatic carbocycles. The Hall–Kier alpha value is -0.410. The number of Topliss-reactive ketones (excluding diaryl/α,β-unsaturated/α-hetero) is 1. The van der Waals surface area contributed by atoms with Gasteiger partial charge in [0.25, 0.3) is 0 Å². The molecule has 1 atom stereocenters. The van der Waals surface area contributed by atoms with E-state index in [1.165, 1.54) is 12.8 Å². The van der Waals surface area contributed by atoms with Gasteiger partial charge in [-0.3, -0.25) is 9.69 Å². The number of carbonyl (C=O) groups is 1. The Bertz CT molecular complexity index is 159. The van der Waals surface area contributed by atoms with Gasteiger partial charge in [-0.05, 0) is 38.8 Å². The van der Waals surface area contributed by atoms with E-state index < -0.39 is 0 Å². The summed E-state index contributed by atoms with van der Waals surface area (Å²) >= 11 is 0. The van der Waals surface area contributed by atoms with Crippen molar-refractivity contribution in [2.75, 3.05) is 26.2 Å². The van der Waals surface area contributed by atoms with Gasteiger partial charge in [-0.1, -0.05) is 0 Å². The standard InChI is InChI=1S/C9H18N2O/c1-8(12)6-11-4-2-3-9(5-10)7-11/h9H,2-7,10H2,1H3. The first-order valence-corrected chi connectivity index (χ1v) is 4.64. The smallest absolute Gasteiger partial charge is 0.143 e. The molecule has 1 saturated heterocycles. The lowest BCUT2D eigenvalue weighted by Crippen LogP contribution is -2.40. The van der Waals surface area contributed by atoms with Crippen molar-refractivity contribution in [3.05, 3.63) is 0 Å². The van der Waals surface area contributed by atoms with E-state index in [-0.39, 0.29) is 5.78 Å². The molecule has 12 heavy (non-hydrogen) atoms. The van der Waals surface area contributed by atoms with Gasteiger partial charge in [0.1, 0.15) is 5.78 Å². The highest BCUT2D eigenvalue weighted by molar-refractivity contribution is 5.77. The van der Waals surface area contributed by atoms with Gasteiger partial charge in [-0.15, -0.1) is 0 Å². The molecule has 0 bridgehead atoms. The molecule has 2 N–H and O–H groups in total. The van der Waals surface area contributed by atoms with E-state index in [1.54, 1.807) is 6.92 Å². The minimum atomic E-state index is 0.257. The van der Waals surface area contributed by atoms with Crippen LogP contribution < -0.4 is 5.73 Å². The molecule has 1 aliphatic rings. The number of piperidine rings is 1. The van der Waals surface area contributed by atoms with Crippen molar-refractivity contribution in [1.29, 1.82) is 0 Å². The van der Waals surface area contributed by atoms with Gasteiger partial charge in [0, 0.05) is 6.54 Å². The third-order valence-electron chi connectivity index (χ3n) is 2.38. The first-order chi connectivity index (χ1) is 5.72. The maximum Gasteiger partial charge on any atom is 0.143 e. The van der Waals surface area contributed by atoms with E-state index in [9.17, 15) is 4.79 Å². The monoisotopic (exact) mass is 170 g/mol. The quantitative estimate of drug-likeness (QED) is 0.660. The Kier molecular flexibility index (Phi) is 3.69. The fraction of sp³-hybridized carbons (Fsp3) is 0.889. The molecule has 0 saturated carbocycles. The number of hydrogen-bond donors (Lipinski definition) is 1. The second-order valence-electron chi connectivity index (χ2n) is 3.68. The molecule has 3 heteroatoms. The van der Waals surface area contributed by atoms with Crippen molar-refractivity contribution in [2.24, 2.45) is 11.7 Å². The van der Waals surface area contributed by atoms with E-state index in [4.69, 9.17) is 5.73 Å². The fourth-order valence-corrected chi connectivity index (χ4v) is 1.80. The topological polar surface area (TPSA) is 46.3 Å². The van der Waals surface area contributed by atoms with Crippen molar-refractivity contribution in [3.63, 3.8) is 0 Å². The molecule has 0 aromatic carbocycles. The minimum absolute atomic E-state index is 0.257. The molecule has 0 amide bonds. The van der Waals surface area contributed by atoms with Gasteiger partial charge in [0.2, 0.25) is 0 Å². The van der Waals surface area contributed by atoms with Crippen molar-refractivity contribution in [1.82, 2.24) is 4.90 Å². The zero-order valence-corrected chi connectivity index (χ0v) is 7.75. The first kappa shape index (κ1) is 9.68. The molecular formula is C9H18N2O. The number of ketones is 1. The van der Waals surface area contributed by atoms with Gasteiger partial charge < -0.3 is 5.73 Å². The molecule has 0 aromatic heterocycles. The van der Waals surface area contributed by atoms with Gasteiger partial charge in [0.15, 0.2) is 0 Å². The highest BCUT2D eigenvalue weighted by Crippen LogP contribution is 2.14. The van der Waals surface area contributed by atoms with E-state index in [0.717, 1.165) is 19.6 Å². The summed E-state index contributed by atoms with van der Waals surface area (Å²) in [6, 6.07) is 0. The molecule has 1 unspecified atom stereocenters. The van der Waals surface area contributed by atoms with E-state index >= 15 is 0 Å². The minimum Gasteiger partial charge on any atom is -0.330 e. The van der Waals surface area contributed by atoms with Crippen molar-refractivity contribution in [3.8, 4) is 0 Å². The van der Waals surface area contributed by atoms with Crippen molar-refractivity contribution in [2.45, 2.75) is 19.8 Å². The lowest BCUT2D eigenvalue weighted by molar-refractivity contribution is -0.118. The molecule has 3 nitrogen and oxygen atoms in total. The Balaban J connectivity index is 2.30. The molecule has 0 spiro atoms. The fourth-order valence-electron chi connectivity index (χ4n) is 1.80. The van der Waals surface area contributed by atoms with Crippen LogP contribution in [-0.2, 0) is 4.79 Å². The van der Waals surface area contributed by atoms with Crippen LogP contribution in [0.25, 0.3) is 0 Å². The molecule has 1 rings (SSSR count). The van der Waals surface area contributed by atoms with E-state index in [0.29, 0.717) is 12.5 Å². The number of nitrogens with zero attached hydrogens (tertiary/aromatic N) is 1. The zero-order chi connectivity index (χ0) is 8.97. The first-order valence-electron chi connectivity index (χ1n) is 4.64. The molecule has 1 heterocycles. The summed E-state index contributed by atoms with van der Waals surface area (Å²) in [5.74, 6) is 0.866. The average molecular weight is 170 g/mol. The van der Waals surface area contributed by atoms with Crippen LogP contribution in [-0.4, -0.2) is 36.9 Å². The van der Waals surface area contributed by atoms with Crippen LogP contribution in [0.5, 0.6) is 0 Å². The highest BCUT2D eigenvalue weighted by Gasteiger charge is 2.18. The normalized spacial score (nSPS) is 25.7. The van der Waals surface area contributed by atoms with Crippen LogP contribution in [0, 0.1) is 5.92 Å². The average Bonchev–Trinajstić information content (AvgIpc) is 2.03. The Morgan fingerprint density at radius 3 is 3.00 bits per heavy atom. The molecule has 1 aliphatic heterocycles. The third-order valence-corrected chi connectivity index (χ3v) is 2.38. The predicted molar refractivity (Wildman–Crippen MR) is 48.9 cm³/mol. The molecular weight excluding hydrogens is 152 g/mol. The van der Waals surface area contributed by atoms with Gasteiger partial charge >= 0.3 is 0 Å². The lowest BCUT2D eigenvalue weighted by Gasteiger charge is -2.31. The predicted octanol–water partition coefficient (Wildman–Crippen LogP) is 0.246. The summed E-state index contributed by atoms with van der Waals surface area (Å²) in [5.41, 5.74) is 5.58. The van der Waals surface area contributed by atoms with Crippen molar-refractivity contribution >= 4 is 5.78 Å².